The van der Waals surface area contributed by atoms with Crippen LogP contribution in [0.2, 0.25) is 0 Å². The monoisotopic (exact) mass is 405 g/mol. The second kappa shape index (κ2) is 7.69. The van der Waals surface area contributed by atoms with Crippen molar-refractivity contribution in [3.63, 3.8) is 0 Å². The van der Waals surface area contributed by atoms with E-state index in [4.69, 9.17) is 0 Å². The van der Waals surface area contributed by atoms with E-state index in [9.17, 15) is 4.79 Å². The fourth-order valence-electron chi connectivity index (χ4n) is 3.51. The molecule has 1 amide bonds. The molecule has 29 heavy (non-hydrogen) atoms. The minimum Gasteiger partial charge on any atom is -0.335 e. The Bertz CT molecular complexity index is 1130. The maximum atomic E-state index is 12.9. The number of hydrogen-bond acceptors (Lipinski definition) is 7. The highest BCUT2D eigenvalue weighted by atomic mass is 32.1. The number of fused-ring (bicyclic) bond motifs is 1. The van der Waals surface area contributed by atoms with Crippen molar-refractivity contribution in [2.75, 3.05) is 26.2 Å². The van der Waals surface area contributed by atoms with Crippen LogP contribution < -0.4 is 0 Å². The zero-order valence-corrected chi connectivity index (χ0v) is 16.5. The van der Waals surface area contributed by atoms with Crippen LogP contribution in [0.3, 0.4) is 0 Å². The van der Waals surface area contributed by atoms with Gasteiger partial charge in [0.15, 0.2) is 16.5 Å². The summed E-state index contributed by atoms with van der Waals surface area (Å²) in [6.45, 7) is 3.74. The summed E-state index contributed by atoms with van der Waals surface area (Å²) < 4.78 is 0. The van der Waals surface area contributed by atoms with Crippen LogP contribution in [0.5, 0.6) is 0 Å². The molecule has 5 rings (SSSR count). The summed E-state index contributed by atoms with van der Waals surface area (Å²) in [5, 5.41) is 10.9. The number of thiazole rings is 1. The highest BCUT2D eigenvalue weighted by molar-refractivity contribution is 7.13. The summed E-state index contributed by atoms with van der Waals surface area (Å²) in [5.41, 5.74) is 2.40. The number of hydrogen-bond donors (Lipinski definition) is 1. The van der Waals surface area contributed by atoms with Crippen molar-refractivity contribution in [3.05, 3.63) is 59.5 Å². The molecule has 1 fully saturated rings. The molecule has 0 aliphatic carbocycles. The lowest BCUT2D eigenvalue weighted by Gasteiger charge is -2.34. The standard InChI is InChI=1S/C20H19N7OS/c28-20(17-15-4-1-2-5-16(15)24-25-17)27-10-8-26(9-11-27)12-14-13-29-19(23-14)18-21-6-3-7-22-18/h1-7,13H,8-12H2,(H,24,25). The zero-order valence-electron chi connectivity index (χ0n) is 15.7. The second-order valence-corrected chi connectivity index (χ2v) is 7.76. The smallest absolute Gasteiger partial charge is 0.275 e. The fraction of sp³-hybridized carbons (Fsp3) is 0.250. The van der Waals surface area contributed by atoms with Crippen molar-refractivity contribution in [2.45, 2.75) is 6.54 Å². The summed E-state index contributed by atoms with van der Waals surface area (Å²) in [7, 11) is 0. The topological polar surface area (TPSA) is 90.9 Å². The molecule has 146 valence electrons. The van der Waals surface area contributed by atoms with Crippen LogP contribution in [-0.4, -0.2) is 67.0 Å². The van der Waals surface area contributed by atoms with Gasteiger partial charge in [0.05, 0.1) is 11.2 Å². The van der Waals surface area contributed by atoms with E-state index in [1.807, 2.05) is 29.2 Å². The largest absolute Gasteiger partial charge is 0.335 e. The molecule has 0 bridgehead atoms. The predicted molar refractivity (Wildman–Crippen MR) is 110 cm³/mol. The lowest BCUT2D eigenvalue weighted by atomic mass is 10.2. The summed E-state index contributed by atoms with van der Waals surface area (Å²) in [6, 6.07) is 9.51. The minimum atomic E-state index is -0.0146. The lowest BCUT2D eigenvalue weighted by molar-refractivity contribution is 0.0623. The number of H-pyrrole nitrogens is 1. The fourth-order valence-corrected chi connectivity index (χ4v) is 4.26. The van der Waals surface area contributed by atoms with Gasteiger partial charge in [-0.05, 0) is 12.1 Å². The van der Waals surface area contributed by atoms with E-state index in [1.165, 1.54) is 0 Å². The Morgan fingerprint density at radius 2 is 1.86 bits per heavy atom. The van der Waals surface area contributed by atoms with Crippen LogP contribution in [0.1, 0.15) is 16.2 Å². The number of aromatic nitrogens is 5. The van der Waals surface area contributed by atoms with Crippen LogP contribution in [0.4, 0.5) is 0 Å². The van der Waals surface area contributed by atoms with Crippen LogP contribution in [-0.2, 0) is 6.54 Å². The van der Waals surface area contributed by atoms with Crippen molar-refractivity contribution in [1.29, 1.82) is 0 Å². The molecule has 8 nitrogen and oxygen atoms in total. The highest BCUT2D eigenvalue weighted by Crippen LogP contribution is 2.21. The van der Waals surface area contributed by atoms with Gasteiger partial charge in [0, 0.05) is 55.9 Å². The van der Waals surface area contributed by atoms with Gasteiger partial charge in [-0.3, -0.25) is 14.8 Å². The molecule has 3 aromatic heterocycles. The van der Waals surface area contributed by atoms with Gasteiger partial charge in [0.25, 0.3) is 5.91 Å². The first-order valence-electron chi connectivity index (χ1n) is 9.44. The molecule has 9 heteroatoms. The quantitative estimate of drug-likeness (QED) is 0.561. The first-order chi connectivity index (χ1) is 14.3. The number of piperazine rings is 1. The maximum Gasteiger partial charge on any atom is 0.275 e. The number of nitrogens with one attached hydrogen (secondary N) is 1. The third-order valence-corrected chi connectivity index (χ3v) is 5.91. The normalized spacial score (nSPS) is 15.1. The van der Waals surface area contributed by atoms with Crippen LogP contribution >= 0.6 is 11.3 Å². The summed E-state index contributed by atoms with van der Waals surface area (Å²) in [4.78, 5) is 30.3. The van der Waals surface area contributed by atoms with E-state index >= 15 is 0 Å². The van der Waals surface area contributed by atoms with Crippen molar-refractivity contribution < 1.29 is 4.79 Å². The van der Waals surface area contributed by atoms with Crippen LogP contribution in [0.25, 0.3) is 21.7 Å². The maximum absolute atomic E-state index is 12.9. The van der Waals surface area contributed by atoms with E-state index < -0.39 is 0 Å². The number of carbonyl (C=O) groups is 1. The molecule has 0 atom stereocenters. The first-order valence-corrected chi connectivity index (χ1v) is 10.3. The molecule has 1 aromatic carbocycles. The van der Waals surface area contributed by atoms with Crippen molar-refractivity contribution in [3.8, 4) is 10.8 Å². The zero-order chi connectivity index (χ0) is 19.6. The van der Waals surface area contributed by atoms with Gasteiger partial charge in [-0.15, -0.1) is 11.3 Å². The molecule has 0 saturated carbocycles. The molecule has 0 unspecified atom stereocenters. The Hall–Kier alpha value is -3.17. The van der Waals surface area contributed by atoms with E-state index in [0.29, 0.717) is 24.6 Å². The molecule has 1 aliphatic rings. The number of benzene rings is 1. The van der Waals surface area contributed by atoms with E-state index in [1.54, 1.807) is 29.8 Å². The molecule has 1 saturated heterocycles. The Balaban J connectivity index is 1.21. The highest BCUT2D eigenvalue weighted by Gasteiger charge is 2.25. The third kappa shape index (κ3) is 3.62. The predicted octanol–water partition coefficient (Wildman–Crippen LogP) is 2.43. The molecular formula is C20H19N7OS. The Morgan fingerprint density at radius 3 is 2.69 bits per heavy atom. The number of nitrogens with zero attached hydrogens (tertiary/aromatic N) is 6. The van der Waals surface area contributed by atoms with Crippen molar-refractivity contribution >= 4 is 28.1 Å². The van der Waals surface area contributed by atoms with Gasteiger partial charge in [0.2, 0.25) is 0 Å². The molecule has 0 spiro atoms. The molecule has 1 N–H and O–H groups in total. The van der Waals surface area contributed by atoms with Gasteiger partial charge in [0.1, 0.15) is 0 Å². The second-order valence-electron chi connectivity index (χ2n) is 6.90. The summed E-state index contributed by atoms with van der Waals surface area (Å²) >= 11 is 1.56. The number of amides is 1. The lowest BCUT2D eigenvalue weighted by Crippen LogP contribution is -2.48. The average molecular weight is 405 g/mol. The van der Waals surface area contributed by atoms with E-state index in [-0.39, 0.29) is 5.91 Å². The van der Waals surface area contributed by atoms with Gasteiger partial charge >= 0.3 is 0 Å². The van der Waals surface area contributed by atoms with E-state index in [0.717, 1.165) is 41.2 Å². The molecule has 4 aromatic rings. The number of aromatic amines is 1. The minimum absolute atomic E-state index is 0.0146. The number of para-hydroxylation sites is 1. The number of carbonyl (C=O) groups excluding carboxylic acids is 1. The van der Waals surface area contributed by atoms with Crippen molar-refractivity contribution in [2.24, 2.45) is 0 Å². The van der Waals surface area contributed by atoms with Crippen LogP contribution in [0, 0.1) is 0 Å². The van der Waals surface area contributed by atoms with Crippen molar-refractivity contribution in [1.82, 2.24) is 34.9 Å². The van der Waals surface area contributed by atoms with Gasteiger partial charge in [-0.25, -0.2) is 15.0 Å². The van der Waals surface area contributed by atoms with Gasteiger partial charge in [-0.2, -0.15) is 5.10 Å². The molecule has 0 radical (unpaired) electrons. The molecule has 1 aliphatic heterocycles. The van der Waals surface area contributed by atoms with Gasteiger partial charge < -0.3 is 4.90 Å². The Kier molecular flexibility index (Phi) is 4.74. The van der Waals surface area contributed by atoms with Gasteiger partial charge in [-0.1, -0.05) is 18.2 Å². The van der Waals surface area contributed by atoms with Crippen LogP contribution in [0.15, 0.2) is 48.1 Å². The Morgan fingerprint density at radius 1 is 1.07 bits per heavy atom. The third-order valence-electron chi connectivity index (χ3n) is 5.03. The molecule has 4 heterocycles. The first kappa shape index (κ1) is 17.9. The Labute approximate surface area is 171 Å². The summed E-state index contributed by atoms with van der Waals surface area (Å²) in [5.74, 6) is 0.643. The molecular weight excluding hydrogens is 386 g/mol. The average Bonchev–Trinajstić information content (AvgIpc) is 3.42. The van der Waals surface area contributed by atoms with E-state index in [2.05, 4.69) is 35.4 Å². The SMILES string of the molecule is O=C(c1n[nH]c2ccccc12)N1CCN(Cc2csc(-c3ncccn3)n2)CC1. The number of rotatable bonds is 4. The summed E-state index contributed by atoms with van der Waals surface area (Å²) in [6.07, 6.45) is 3.45.